The summed E-state index contributed by atoms with van der Waals surface area (Å²) in [6, 6.07) is 4.88. The summed E-state index contributed by atoms with van der Waals surface area (Å²) in [5.41, 5.74) is 1.13. The summed E-state index contributed by atoms with van der Waals surface area (Å²) in [5, 5.41) is 9.67. The van der Waals surface area contributed by atoms with Crippen LogP contribution in [0.3, 0.4) is 0 Å². The molecule has 1 aromatic rings. The minimum atomic E-state index is -1.71. The lowest BCUT2D eigenvalue weighted by Gasteiger charge is -2.26. The third-order valence-electron chi connectivity index (χ3n) is 3.13. The van der Waals surface area contributed by atoms with Gasteiger partial charge in [0.1, 0.15) is 0 Å². The lowest BCUT2D eigenvalue weighted by Crippen LogP contribution is -2.44. The van der Waals surface area contributed by atoms with Crippen LogP contribution in [0.4, 0.5) is 0 Å². The molecule has 2 amide bonds. The molecule has 0 saturated carbocycles. The number of carboxylic acid groups (broad SMARTS) is 1. The molecule has 0 saturated heterocycles. The predicted octanol–water partition coefficient (Wildman–Crippen LogP) is 1.69. The maximum absolute atomic E-state index is 12.2. The van der Waals surface area contributed by atoms with E-state index in [1.807, 2.05) is 0 Å². The third kappa shape index (κ3) is 2.08. The highest BCUT2D eigenvalue weighted by Gasteiger charge is 2.45. The van der Waals surface area contributed by atoms with E-state index in [4.69, 9.17) is 9.94 Å². The zero-order chi connectivity index (χ0) is 15.1. The molecule has 1 atom stereocenters. The summed E-state index contributed by atoms with van der Waals surface area (Å²) in [4.78, 5) is 39.0. The van der Waals surface area contributed by atoms with Crippen molar-refractivity contribution in [2.75, 3.05) is 6.26 Å². The Morgan fingerprint density at radius 1 is 1.35 bits per heavy atom. The Labute approximate surface area is 119 Å². The Bertz CT molecular complexity index is 615. The molecule has 0 bridgehead atoms. The number of fused-ring (bicyclic) bond motifs is 1. The number of imide groups is 1. The lowest BCUT2D eigenvalue weighted by molar-refractivity contribution is -0.179. The highest BCUT2D eigenvalue weighted by Crippen LogP contribution is 2.32. The molecule has 1 aromatic carbocycles. The van der Waals surface area contributed by atoms with E-state index >= 15 is 0 Å². The van der Waals surface area contributed by atoms with Gasteiger partial charge in [0, 0.05) is 0 Å². The van der Waals surface area contributed by atoms with Crippen molar-refractivity contribution in [3.05, 3.63) is 34.9 Å². The van der Waals surface area contributed by atoms with Gasteiger partial charge in [-0.1, -0.05) is 12.1 Å². The molecule has 1 unspecified atom stereocenters. The number of hydrogen-bond donors (Lipinski definition) is 1. The molecule has 0 radical (unpaired) electrons. The zero-order valence-electron chi connectivity index (χ0n) is 11.2. The van der Waals surface area contributed by atoms with Crippen LogP contribution in [0.1, 0.15) is 33.2 Å². The number of hydroxylamine groups is 2. The highest BCUT2D eigenvalue weighted by atomic mass is 32.2. The number of benzene rings is 1. The average molecular weight is 295 g/mol. The van der Waals surface area contributed by atoms with E-state index in [-0.39, 0.29) is 11.1 Å². The fourth-order valence-corrected chi connectivity index (χ4v) is 2.18. The van der Waals surface area contributed by atoms with E-state index in [9.17, 15) is 14.4 Å². The number of amides is 2. The molecule has 0 aliphatic carbocycles. The van der Waals surface area contributed by atoms with Crippen LogP contribution < -0.4 is 0 Å². The lowest BCUT2D eigenvalue weighted by atomic mass is 10.0. The number of aryl methyl sites for hydroxylation is 1. The number of rotatable bonds is 4. The first-order chi connectivity index (χ1) is 9.31. The Morgan fingerprint density at radius 3 is 2.50 bits per heavy atom. The average Bonchev–Trinajstić information content (AvgIpc) is 2.64. The van der Waals surface area contributed by atoms with Gasteiger partial charge in [0.25, 0.3) is 11.8 Å². The van der Waals surface area contributed by atoms with Crippen molar-refractivity contribution in [3.63, 3.8) is 0 Å². The second kappa shape index (κ2) is 4.92. The summed E-state index contributed by atoms with van der Waals surface area (Å²) < 4.78 is 0. The van der Waals surface area contributed by atoms with Crippen molar-refractivity contribution in [1.29, 1.82) is 0 Å². The van der Waals surface area contributed by atoms with Crippen LogP contribution in [0.5, 0.6) is 0 Å². The van der Waals surface area contributed by atoms with Crippen LogP contribution >= 0.6 is 11.8 Å². The van der Waals surface area contributed by atoms with Gasteiger partial charge in [0.05, 0.1) is 11.1 Å². The molecule has 106 valence electrons. The van der Waals surface area contributed by atoms with Crippen molar-refractivity contribution in [2.45, 2.75) is 18.8 Å². The smallest absolute Gasteiger partial charge is 0.349 e. The molecule has 0 fully saturated rings. The van der Waals surface area contributed by atoms with Crippen molar-refractivity contribution in [2.24, 2.45) is 0 Å². The van der Waals surface area contributed by atoms with Gasteiger partial charge in [0.2, 0.25) is 4.93 Å². The zero-order valence-corrected chi connectivity index (χ0v) is 12.0. The molecular weight excluding hydrogens is 282 g/mol. The maximum atomic E-state index is 12.2. The fourth-order valence-electron chi connectivity index (χ4n) is 1.85. The largest absolute Gasteiger partial charge is 0.478 e. The topological polar surface area (TPSA) is 83.9 Å². The number of thioether (sulfide) groups is 1. The van der Waals surface area contributed by atoms with Crippen LogP contribution in [0, 0.1) is 6.92 Å². The van der Waals surface area contributed by atoms with Gasteiger partial charge in [0.15, 0.2) is 0 Å². The first-order valence-corrected chi connectivity index (χ1v) is 7.00. The van der Waals surface area contributed by atoms with Gasteiger partial charge < -0.3 is 5.11 Å². The van der Waals surface area contributed by atoms with Crippen LogP contribution in [0.25, 0.3) is 0 Å². The summed E-state index contributed by atoms with van der Waals surface area (Å²) >= 11 is 0.886. The molecule has 1 aliphatic heterocycles. The van der Waals surface area contributed by atoms with Crippen LogP contribution in [-0.2, 0) is 9.63 Å². The molecule has 1 heterocycles. The Kier molecular flexibility index (Phi) is 3.58. The molecule has 7 heteroatoms. The maximum Gasteiger partial charge on any atom is 0.349 e. The van der Waals surface area contributed by atoms with E-state index in [1.165, 1.54) is 19.2 Å². The predicted molar refractivity (Wildman–Crippen MR) is 72.3 cm³/mol. The van der Waals surface area contributed by atoms with E-state index in [1.54, 1.807) is 19.1 Å². The summed E-state index contributed by atoms with van der Waals surface area (Å²) in [5.74, 6) is -2.54. The number of nitrogens with zero attached hydrogens (tertiary/aromatic N) is 1. The molecule has 2 rings (SSSR count). The monoisotopic (exact) mass is 295 g/mol. The highest BCUT2D eigenvalue weighted by molar-refractivity contribution is 8.00. The van der Waals surface area contributed by atoms with E-state index < -0.39 is 22.7 Å². The molecule has 1 N–H and O–H groups in total. The van der Waals surface area contributed by atoms with Crippen molar-refractivity contribution < 1.29 is 24.3 Å². The first kappa shape index (κ1) is 14.5. The summed E-state index contributed by atoms with van der Waals surface area (Å²) in [6.07, 6.45) is 1.53. The van der Waals surface area contributed by atoms with Gasteiger partial charge in [-0.05, 0) is 31.7 Å². The number of aliphatic carboxylic acids is 1. The van der Waals surface area contributed by atoms with Gasteiger partial charge in [-0.3, -0.25) is 9.59 Å². The van der Waals surface area contributed by atoms with Crippen molar-refractivity contribution in [1.82, 2.24) is 5.06 Å². The standard InChI is InChI=1S/C13H13NO5S/c1-7-5-4-6-8-9(7)11(16)14(10(8)15)19-13(2,20-3)12(17)18/h4-6H,1-3H3,(H,17,18). The molecule has 1 aliphatic rings. The van der Waals surface area contributed by atoms with Crippen LogP contribution in [0.2, 0.25) is 0 Å². The van der Waals surface area contributed by atoms with Gasteiger partial charge in [-0.15, -0.1) is 16.8 Å². The number of hydrogen-bond acceptors (Lipinski definition) is 5. The summed E-state index contributed by atoms with van der Waals surface area (Å²) in [6.45, 7) is 2.99. The Hall–Kier alpha value is -1.86. The second-order valence-electron chi connectivity index (χ2n) is 4.45. The summed E-state index contributed by atoms with van der Waals surface area (Å²) in [7, 11) is 0. The van der Waals surface area contributed by atoms with Gasteiger partial charge in [-0.25, -0.2) is 9.63 Å². The SMILES string of the molecule is CSC(C)(ON1C(=O)c2cccc(C)c2C1=O)C(=O)O. The Morgan fingerprint density at radius 2 is 2.00 bits per heavy atom. The van der Waals surface area contributed by atoms with E-state index in [2.05, 4.69) is 0 Å². The fraction of sp³-hybridized carbons (Fsp3) is 0.308. The Balaban J connectivity index is 2.39. The third-order valence-corrected chi connectivity index (χ3v) is 4.16. The minimum absolute atomic E-state index is 0.226. The van der Waals surface area contributed by atoms with Crippen LogP contribution in [-0.4, -0.2) is 39.1 Å². The molecule has 20 heavy (non-hydrogen) atoms. The molecule has 0 aromatic heterocycles. The molecule has 0 spiro atoms. The number of carboxylic acids is 1. The number of carbonyl (C=O) groups excluding carboxylic acids is 2. The quantitative estimate of drug-likeness (QED) is 0.672. The van der Waals surface area contributed by atoms with Crippen LogP contribution in [0.15, 0.2) is 18.2 Å². The first-order valence-electron chi connectivity index (χ1n) is 5.78. The van der Waals surface area contributed by atoms with E-state index in [0.717, 1.165) is 11.8 Å². The van der Waals surface area contributed by atoms with Crippen molar-refractivity contribution >= 4 is 29.5 Å². The minimum Gasteiger partial charge on any atom is -0.478 e. The van der Waals surface area contributed by atoms with Gasteiger partial charge >= 0.3 is 5.97 Å². The molecular formula is C13H13NO5S. The number of carbonyl (C=O) groups is 3. The normalized spacial score (nSPS) is 17.1. The second-order valence-corrected chi connectivity index (χ2v) is 5.64. The van der Waals surface area contributed by atoms with E-state index in [0.29, 0.717) is 10.6 Å². The van der Waals surface area contributed by atoms with Gasteiger partial charge in [-0.2, -0.15) is 0 Å². The van der Waals surface area contributed by atoms with Crippen molar-refractivity contribution in [3.8, 4) is 0 Å². The molecule has 6 nitrogen and oxygen atoms in total.